The number of carbonyl (C=O) groups is 1. The van der Waals surface area contributed by atoms with E-state index in [1.165, 1.54) is 0 Å². The zero-order valence-corrected chi connectivity index (χ0v) is 6.96. The van der Waals surface area contributed by atoms with Crippen LogP contribution >= 0.6 is 0 Å². The van der Waals surface area contributed by atoms with Crippen molar-refractivity contribution in [2.75, 3.05) is 0 Å². The number of aliphatic hydroxyl groups excluding tert-OH is 1. The Morgan fingerprint density at radius 2 is 2.27 bits per heavy atom. The molecule has 0 aromatic rings. The van der Waals surface area contributed by atoms with Crippen molar-refractivity contribution in [2.45, 2.75) is 44.8 Å². The lowest BCUT2D eigenvalue weighted by atomic mass is 9.98. The Hall–Kier alpha value is -0.570. The minimum absolute atomic E-state index is 0.202. The summed E-state index contributed by atoms with van der Waals surface area (Å²) in [7, 11) is 0. The monoisotopic (exact) mass is 158 g/mol. The lowest BCUT2D eigenvalue weighted by Crippen LogP contribution is -2.38. The third-order valence-electron chi connectivity index (χ3n) is 2.04. The summed E-state index contributed by atoms with van der Waals surface area (Å²) >= 11 is 0. The van der Waals surface area contributed by atoms with Gasteiger partial charge in [0.25, 0.3) is 0 Å². The molecule has 0 aromatic heterocycles. The molecule has 1 saturated heterocycles. The zero-order valence-electron chi connectivity index (χ0n) is 6.96. The Kier molecular flexibility index (Phi) is 2.18. The van der Waals surface area contributed by atoms with E-state index >= 15 is 0 Å². The van der Waals surface area contributed by atoms with Crippen LogP contribution in [0.4, 0.5) is 0 Å². The van der Waals surface area contributed by atoms with E-state index in [1.807, 2.05) is 0 Å². The maximum Gasteiger partial charge on any atom is 0.306 e. The van der Waals surface area contributed by atoms with Crippen LogP contribution in [-0.4, -0.2) is 22.8 Å². The first-order valence-corrected chi connectivity index (χ1v) is 3.92. The number of esters is 1. The summed E-state index contributed by atoms with van der Waals surface area (Å²) < 4.78 is 5.02. The van der Waals surface area contributed by atoms with Crippen molar-refractivity contribution in [3.63, 3.8) is 0 Å². The van der Waals surface area contributed by atoms with E-state index in [-0.39, 0.29) is 5.97 Å². The highest BCUT2D eigenvalue weighted by Gasteiger charge is 2.33. The molecule has 1 fully saturated rings. The first-order valence-electron chi connectivity index (χ1n) is 3.92. The smallest absolute Gasteiger partial charge is 0.306 e. The largest absolute Gasteiger partial charge is 0.457 e. The number of rotatable bonds is 0. The lowest BCUT2D eigenvalue weighted by molar-refractivity contribution is -0.163. The third-order valence-corrected chi connectivity index (χ3v) is 2.04. The molecule has 3 heteroatoms. The Balaban J connectivity index is 2.68. The van der Waals surface area contributed by atoms with Gasteiger partial charge in [0.1, 0.15) is 5.60 Å². The van der Waals surface area contributed by atoms with Gasteiger partial charge in [0.05, 0.1) is 6.10 Å². The molecule has 1 N–H and O–H groups in total. The number of hydrogen-bond donors (Lipinski definition) is 1. The molecule has 1 aliphatic heterocycles. The van der Waals surface area contributed by atoms with Crippen LogP contribution in [0.25, 0.3) is 0 Å². The summed E-state index contributed by atoms with van der Waals surface area (Å²) in [6.07, 6.45) is 1.29. The maximum atomic E-state index is 10.9. The summed E-state index contributed by atoms with van der Waals surface area (Å²) in [5, 5.41) is 9.46. The van der Waals surface area contributed by atoms with E-state index < -0.39 is 11.7 Å². The standard InChI is InChI=1S/C8H14O3/c1-8(2)6(9)4-3-5-7(10)11-8/h6,9H,3-5H2,1-2H3. The van der Waals surface area contributed by atoms with Gasteiger partial charge >= 0.3 is 5.97 Å². The van der Waals surface area contributed by atoms with Gasteiger partial charge in [-0.3, -0.25) is 4.79 Å². The molecule has 3 nitrogen and oxygen atoms in total. The van der Waals surface area contributed by atoms with Crippen LogP contribution in [-0.2, 0) is 9.53 Å². The van der Waals surface area contributed by atoms with Gasteiger partial charge in [-0.1, -0.05) is 0 Å². The van der Waals surface area contributed by atoms with Crippen LogP contribution in [0.1, 0.15) is 33.1 Å². The van der Waals surface area contributed by atoms with E-state index in [0.29, 0.717) is 12.8 Å². The summed E-state index contributed by atoms with van der Waals surface area (Å²) in [6.45, 7) is 3.47. The molecule has 1 heterocycles. The second-order valence-electron chi connectivity index (χ2n) is 3.49. The van der Waals surface area contributed by atoms with Gasteiger partial charge in [0, 0.05) is 6.42 Å². The SMILES string of the molecule is CC1(C)OC(=O)CCCC1O. The van der Waals surface area contributed by atoms with Crippen molar-refractivity contribution in [1.82, 2.24) is 0 Å². The highest BCUT2D eigenvalue weighted by molar-refractivity contribution is 5.70. The summed E-state index contributed by atoms with van der Waals surface area (Å²) in [5.41, 5.74) is -0.701. The van der Waals surface area contributed by atoms with Gasteiger partial charge < -0.3 is 9.84 Å². The van der Waals surface area contributed by atoms with Gasteiger partial charge in [-0.15, -0.1) is 0 Å². The Morgan fingerprint density at radius 1 is 1.64 bits per heavy atom. The Labute approximate surface area is 66.4 Å². The van der Waals surface area contributed by atoms with Gasteiger partial charge in [0.15, 0.2) is 0 Å². The molecule has 11 heavy (non-hydrogen) atoms. The minimum atomic E-state index is -0.701. The molecule has 0 spiro atoms. The number of hydrogen-bond acceptors (Lipinski definition) is 3. The molecule has 0 aliphatic carbocycles. The maximum absolute atomic E-state index is 10.9. The zero-order chi connectivity index (χ0) is 8.48. The molecule has 64 valence electrons. The fourth-order valence-electron chi connectivity index (χ4n) is 1.20. The Morgan fingerprint density at radius 3 is 2.91 bits per heavy atom. The molecule has 0 aromatic carbocycles. The fourth-order valence-corrected chi connectivity index (χ4v) is 1.20. The van der Waals surface area contributed by atoms with Crippen LogP contribution in [0.2, 0.25) is 0 Å². The van der Waals surface area contributed by atoms with Gasteiger partial charge in [-0.2, -0.15) is 0 Å². The highest BCUT2D eigenvalue weighted by atomic mass is 16.6. The predicted molar refractivity (Wildman–Crippen MR) is 40.0 cm³/mol. The minimum Gasteiger partial charge on any atom is -0.457 e. The first kappa shape index (κ1) is 8.53. The second-order valence-corrected chi connectivity index (χ2v) is 3.49. The van der Waals surface area contributed by atoms with Crippen molar-refractivity contribution in [3.05, 3.63) is 0 Å². The Bertz CT molecular complexity index is 163. The molecule has 1 aliphatic rings. The second kappa shape index (κ2) is 2.81. The summed E-state index contributed by atoms with van der Waals surface area (Å²) in [5.74, 6) is -0.202. The van der Waals surface area contributed by atoms with Crippen LogP contribution in [0.15, 0.2) is 0 Å². The molecule has 0 saturated carbocycles. The first-order chi connectivity index (χ1) is 5.02. The molecule has 1 rings (SSSR count). The molecule has 0 radical (unpaired) electrons. The van der Waals surface area contributed by atoms with Crippen molar-refractivity contribution in [2.24, 2.45) is 0 Å². The highest BCUT2D eigenvalue weighted by Crippen LogP contribution is 2.24. The van der Waals surface area contributed by atoms with Crippen molar-refractivity contribution in [3.8, 4) is 0 Å². The normalized spacial score (nSPS) is 30.8. The van der Waals surface area contributed by atoms with Crippen LogP contribution < -0.4 is 0 Å². The van der Waals surface area contributed by atoms with Crippen LogP contribution in [0.5, 0.6) is 0 Å². The van der Waals surface area contributed by atoms with E-state index in [1.54, 1.807) is 13.8 Å². The molecule has 0 amide bonds. The molecular formula is C8H14O3. The summed E-state index contributed by atoms with van der Waals surface area (Å²) in [6, 6.07) is 0. The average Bonchev–Trinajstić information content (AvgIpc) is 1.93. The van der Waals surface area contributed by atoms with Crippen molar-refractivity contribution in [1.29, 1.82) is 0 Å². The average molecular weight is 158 g/mol. The third kappa shape index (κ3) is 1.93. The number of aliphatic hydroxyl groups is 1. The van der Waals surface area contributed by atoms with Gasteiger partial charge in [-0.25, -0.2) is 0 Å². The van der Waals surface area contributed by atoms with E-state index in [9.17, 15) is 9.90 Å². The topological polar surface area (TPSA) is 46.5 Å². The van der Waals surface area contributed by atoms with E-state index in [4.69, 9.17) is 4.74 Å². The van der Waals surface area contributed by atoms with Crippen LogP contribution in [0, 0.1) is 0 Å². The quantitative estimate of drug-likeness (QED) is 0.532. The molecule has 1 unspecified atom stereocenters. The van der Waals surface area contributed by atoms with Crippen molar-refractivity contribution < 1.29 is 14.6 Å². The molecule has 0 bridgehead atoms. The molecular weight excluding hydrogens is 144 g/mol. The van der Waals surface area contributed by atoms with Crippen molar-refractivity contribution >= 4 is 5.97 Å². The lowest BCUT2D eigenvalue weighted by Gasteiger charge is -2.27. The molecule has 1 atom stereocenters. The van der Waals surface area contributed by atoms with Crippen LogP contribution in [0.3, 0.4) is 0 Å². The number of carbonyl (C=O) groups excluding carboxylic acids is 1. The number of cyclic esters (lactones) is 1. The van der Waals surface area contributed by atoms with Gasteiger partial charge in [-0.05, 0) is 26.7 Å². The predicted octanol–water partition coefficient (Wildman–Crippen LogP) is 0.853. The fraction of sp³-hybridized carbons (Fsp3) is 0.875. The van der Waals surface area contributed by atoms with E-state index in [0.717, 1.165) is 6.42 Å². The van der Waals surface area contributed by atoms with Gasteiger partial charge in [0.2, 0.25) is 0 Å². The summed E-state index contributed by atoms with van der Waals surface area (Å²) in [4.78, 5) is 10.9. The van der Waals surface area contributed by atoms with E-state index in [2.05, 4.69) is 0 Å². The number of ether oxygens (including phenoxy) is 1.